The third kappa shape index (κ3) is 4.30. The van der Waals surface area contributed by atoms with Crippen LogP contribution < -0.4 is 5.32 Å². The minimum atomic E-state index is -0.137. The van der Waals surface area contributed by atoms with Crippen molar-refractivity contribution in [1.29, 1.82) is 0 Å². The first-order valence-electron chi connectivity index (χ1n) is 11.1. The van der Waals surface area contributed by atoms with Crippen LogP contribution in [0.25, 0.3) is 0 Å². The highest BCUT2D eigenvalue weighted by Crippen LogP contribution is 2.28. The van der Waals surface area contributed by atoms with E-state index in [0.29, 0.717) is 22.2 Å². The summed E-state index contributed by atoms with van der Waals surface area (Å²) >= 11 is 1.41. The van der Waals surface area contributed by atoms with Gasteiger partial charge < -0.3 is 10.2 Å². The summed E-state index contributed by atoms with van der Waals surface area (Å²) < 4.78 is 0. The molecule has 1 aromatic carbocycles. The van der Waals surface area contributed by atoms with Crippen LogP contribution in [0.2, 0.25) is 0 Å². The number of amides is 2. The number of nitrogens with zero attached hydrogens (tertiary/aromatic N) is 2. The van der Waals surface area contributed by atoms with Crippen molar-refractivity contribution in [3.8, 4) is 0 Å². The highest BCUT2D eigenvalue weighted by atomic mass is 32.1. The average molecular weight is 426 g/mol. The molecule has 0 radical (unpaired) electrons. The molecule has 1 aliphatic carbocycles. The predicted octanol–water partition coefficient (Wildman–Crippen LogP) is 4.44. The van der Waals surface area contributed by atoms with Gasteiger partial charge in [-0.15, -0.1) is 11.3 Å². The number of rotatable bonds is 6. The van der Waals surface area contributed by atoms with Crippen molar-refractivity contribution in [3.63, 3.8) is 0 Å². The molecule has 2 heterocycles. The molecule has 1 aromatic heterocycles. The fourth-order valence-electron chi connectivity index (χ4n) is 4.76. The summed E-state index contributed by atoms with van der Waals surface area (Å²) in [5.74, 6) is -0.117. The van der Waals surface area contributed by atoms with Crippen LogP contribution in [0.4, 0.5) is 5.00 Å². The highest BCUT2D eigenvalue weighted by Gasteiger charge is 2.31. The number of aryl methyl sites for hydroxylation is 2. The smallest absolute Gasteiger partial charge is 0.256 e. The van der Waals surface area contributed by atoms with Gasteiger partial charge in [-0.3, -0.25) is 14.5 Å². The first-order chi connectivity index (χ1) is 14.6. The van der Waals surface area contributed by atoms with Crippen molar-refractivity contribution in [1.82, 2.24) is 9.80 Å². The maximum Gasteiger partial charge on any atom is 0.256 e. The molecule has 0 spiro atoms. The van der Waals surface area contributed by atoms with E-state index >= 15 is 0 Å². The fourth-order valence-corrected chi connectivity index (χ4v) is 5.53. The molecule has 0 bridgehead atoms. The monoisotopic (exact) mass is 425 g/mol. The normalized spacial score (nSPS) is 18.5. The van der Waals surface area contributed by atoms with E-state index in [1.54, 1.807) is 0 Å². The molecule has 160 valence electrons. The first-order valence-corrected chi connectivity index (χ1v) is 12.0. The van der Waals surface area contributed by atoms with Gasteiger partial charge in [0.25, 0.3) is 11.8 Å². The SMILES string of the molecule is CCN(CC)C1CCN(C(=O)c2ccsc2NC(=O)c2ccc3c(c2)CCCC3)C1. The van der Waals surface area contributed by atoms with E-state index in [1.807, 2.05) is 28.5 Å². The van der Waals surface area contributed by atoms with Gasteiger partial charge >= 0.3 is 0 Å². The molecule has 2 aromatic rings. The van der Waals surface area contributed by atoms with Gasteiger partial charge in [-0.05, 0) is 79.9 Å². The summed E-state index contributed by atoms with van der Waals surface area (Å²) in [6, 6.07) is 8.27. The second kappa shape index (κ2) is 9.31. The number of hydrogen-bond donors (Lipinski definition) is 1. The lowest BCUT2D eigenvalue weighted by molar-refractivity contribution is 0.0779. The molecule has 4 rings (SSSR count). The number of nitrogens with one attached hydrogen (secondary N) is 1. The van der Waals surface area contributed by atoms with Crippen LogP contribution in [0.15, 0.2) is 29.6 Å². The zero-order chi connectivity index (χ0) is 21.1. The van der Waals surface area contributed by atoms with Crippen molar-refractivity contribution in [2.24, 2.45) is 0 Å². The van der Waals surface area contributed by atoms with Gasteiger partial charge in [0.05, 0.1) is 5.56 Å². The third-order valence-corrected chi connectivity index (χ3v) is 7.34. The number of likely N-dealkylation sites (N-methyl/N-ethyl adjacent to an activating group) is 1. The van der Waals surface area contributed by atoms with Gasteiger partial charge in [-0.25, -0.2) is 0 Å². The van der Waals surface area contributed by atoms with Gasteiger partial charge in [0.2, 0.25) is 0 Å². The fraction of sp³-hybridized carbons (Fsp3) is 0.500. The maximum atomic E-state index is 13.1. The summed E-state index contributed by atoms with van der Waals surface area (Å²) in [6.07, 6.45) is 5.57. The van der Waals surface area contributed by atoms with Gasteiger partial charge in [0.15, 0.2) is 0 Å². The maximum absolute atomic E-state index is 13.1. The van der Waals surface area contributed by atoms with E-state index in [0.717, 1.165) is 45.4 Å². The van der Waals surface area contributed by atoms with E-state index in [1.165, 1.54) is 35.3 Å². The Bertz CT molecular complexity index is 919. The van der Waals surface area contributed by atoms with Crippen molar-refractivity contribution >= 4 is 28.2 Å². The molecule has 1 saturated heterocycles. The molecular formula is C24H31N3O2S. The number of fused-ring (bicyclic) bond motifs is 1. The molecule has 2 amide bonds. The Kier molecular flexibility index (Phi) is 6.54. The lowest BCUT2D eigenvalue weighted by Crippen LogP contribution is -2.38. The Morgan fingerprint density at radius 3 is 2.67 bits per heavy atom. The van der Waals surface area contributed by atoms with E-state index < -0.39 is 0 Å². The Hall–Kier alpha value is -2.18. The van der Waals surface area contributed by atoms with Gasteiger partial charge in [0, 0.05) is 24.7 Å². The number of hydrogen-bond acceptors (Lipinski definition) is 4. The minimum absolute atomic E-state index is 0.0200. The Morgan fingerprint density at radius 1 is 1.13 bits per heavy atom. The quantitative estimate of drug-likeness (QED) is 0.745. The van der Waals surface area contributed by atoms with Crippen LogP contribution >= 0.6 is 11.3 Å². The van der Waals surface area contributed by atoms with Crippen molar-refractivity contribution in [2.45, 2.75) is 52.0 Å². The molecule has 1 atom stereocenters. The Balaban J connectivity index is 1.44. The molecular weight excluding hydrogens is 394 g/mol. The average Bonchev–Trinajstić information content (AvgIpc) is 3.44. The zero-order valence-electron chi connectivity index (χ0n) is 17.9. The molecule has 30 heavy (non-hydrogen) atoms. The number of carbonyl (C=O) groups is 2. The molecule has 2 aliphatic rings. The van der Waals surface area contributed by atoms with Crippen LogP contribution in [0, 0.1) is 0 Å². The molecule has 6 heteroatoms. The molecule has 1 aliphatic heterocycles. The van der Waals surface area contributed by atoms with E-state index in [4.69, 9.17) is 0 Å². The zero-order valence-corrected chi connectivity index (χ0v) is 18.8. The van der Waals surface area contributed by atoms with Crippen molar-refractivity contribution in [3.05, 3.63) is 51.9 Å². The summed E-state index contributed by atoms with van der Waals surface area (Å²) in [7, 11) is 0. The van der Waals surface area contributed by atoms with Gasteiger partial charge in [0.1, 0.15) is 5.00 Å². The minimum Gasteiger partial charge on any atom is -0.337 e. The molecule has 1 unspecified atom stereocenters. The third-order valence-electron chi connectivity index (χ3n) is 6.51. The molecule has 1 N–H and O–H groups in total. The number of likely N-dealkylation sites (tertiary alicyclic amines) is 1. The molecule has 1 fully saturated rings. The molecule has 5 nitrogen and oxygen atoms in total. The van der Waals surface area contributed by atoms with Crippen LogP contribution in [0.5, 0.6) is 0 Å². The summed E-state index contributed by atoms with van der Waals surface area (Å²) in [4.78, 5) is 30.4. The molecule has 0 saturated carbocycles. The second-order valence-corrected chi connectivity index (χ2v) is 9.14. The van der Waals surface area contributed by atoms with Crippen molar-refractivity contribution in [2.75, 3.05) is 31.5 Å². The standard InChI is InChI=1S/C24H31N3O2S/c1-3-26(4-2)20-11-13-27(16-20)24(29)21-12-14-30-23(21)25-22(28)19-10-9-17-7-5-6-8-18(17)15-19/h9-10,12,14-15,20H,3-8,11,13,16H2,1-2H3,(H,25,28). The van der Waals surface area contributed by atoms with Gasteiger partial charge in [-0.1, -0.05) is 19.9 Å². The number of benzene rings is 1. The Labute approximate surface area is 183 Å². The number of anilines is 1. The first kappa shape index (κ1) is 21.1. The Morgan fingerprint density at radius 2 is 1.90 bits per heavy atom. The highest BCUT2D eigenvalue weighted by molar-refractivity contribution is 7.14. The second-order valence-electron chi connectivity index (χ2n) is 8.22. The van der Waals surface area contributed by atoms with Crippen LogP contribution in [-0.4, -0.2) is 53.8 Å². The van der Waals surface area contributed by atoms with Gasteiger partial charge in [-0.2, -0.15) is 0 Å². The van der Waals surface area contributed by atoms with Crippen LogP contribution in [0.3, 0.4) is 0 Å². The topological polar surface area (TPSA) is 52.6 Å². The summed E-state index contributed by atoms with van der Waals surface area (Å²) in [5, 5.41) is 5.53. The van der Waals surface area contributed by atoms with Crippen LogP contribution in [0.1, 0.15) is 65.0 Å². The predicted molar refractivity (Wildman–Crippen MR) is 123 cm³/mol. The lowest BCUT2D eigenvalue weighted by atomic mass is 9.90. The van der Waals surface area contributed by atoms with E-state index in [9.17, 15) is 9.59 Å². The number of carbonyl (C=O) groups excluding carboxylic acids is 2. The lowest BCUT2D eigenvalue weighted by Gasteiger charge is -2.26. The van der Waals surface area contributed by atoms with E-state index in [-0.39, 0.29) is 11.8 Å². The van der Waals surface area contributed by atoms with Crippen LogP contribution in [-0.2, 0) is 12.8 Å². The summed E-state index contributed by atoms with van der Waals surface area (Å²) in [5.41, 5.74) is 3.93. The van der Waals surface area contributed by atoms with E-state index in [2.05, 4.69) is 30.1 Å². The largest absolute Gasteiger partial charge is 0.337 e. The van der Waals surface area contributed by atoms with Crippen molar-refractivity contribution < 1.29 is 9.59 Å². The summed E-state index contributed by atoms with van der Waals surface area (Å²) in [6.45, 7) is 7.87. The number of thiophene rings is 1.